The maximum atomic E-state index is 5.53. The molecular formula is C13H18N2OS. The van der Waals surface area contributed by atoms with Crippen LogP contribution in [0.5, 0.6) is 0 Å². The number of aromatic nitrogens is 1. The van der Waals surface area contributed by atoms with Crippen molar-refractivity contribution in [3.63, 3.8) is 0 Å². The Hall–Kier alpha value is -1.13. The van der Waals surface area contributed by atoms with Crippen LogP contribution in [0.1, 0.15) is 35.3 Å². The molecule has 0 saturated carbocycles. The summed E-state index contributed by atoms with van der Waals surface area (Å²) in [6.07, 6.45) is 3.82. The lowest BCUT2D eigenvalue weighted by Crippen LogP contribution is -2.11. The average Bonchev–Trinajstić information content (AvgIpc) is 2.97. The van der Waals surface area contributed by atoms with Crippen LogP contribution in [0.15, 0.2) is 22.7 Å². The molecule has 1 N–H and O–H groups in total. The summed E-state index contributed by atoms with van der Waals surface area (Å²) in [5.41, 5.74) is 0. The molecule has 0 amide bonds. The van der Waals surface area contributed by atoms with Crippen LogP contribution < -0.4 is 5.32 Å². The highest BCUT2D eigenvalue weighted by Crippen LogP contribution is 2.16. The van der Waals surface area contributed by atoms with E-state index < -0.39 is 0 Å². The quantitative estimate of drug-likeness (QED) is 0.856. The molecule has 2 aromatic rings. The Kier molecular flexibility index (Phi) is 4.34. The van der Waals surface area contributed by atoms with E-state index in [0.29, 0.717) is 6.54 Å². The van der Waals surface area contributed by atoms with E-state index in [1.807, 2.05) is 11.3 Å². The molecule has 0 saturated heterocycles. The van der Waals surface area contributed by atoms with Crippen molar-refractivity contribution in [3.05, 3.63) is 39.7 Å². The summed E-state index contributed by atoms with van der Waals surface area (Å²) < 4.78 is 5.53. The van der Waals surface area contributed by atoms with Gasteiger partial charge in [-0.05, 0) is 18.6 Å². The molecule has 3 nitrogen and oxygen atoms in total. The number of hydrogen-bond acceptors (Lipinski definition) is 4. The Morgan fingerprint density at radius 2 is 2.00 bits per heavy atom. The minimum atomic E-state index is 0.694. The van der Waals surface area contributed by atoms with Crippen LogP contribution in [-0.4, -0.2) is 4.98 Å². The highest BCUT2D eigenvalue weighted by Gasteiger charge is 2.02. The van der Waals surface area contributed by atoms with Crippen molar-refractivity contribution in [1.29, 1.82) is 0 Å². The summed E-state index contributed by atoms with van der Waals surface area (Å²) >= 11 is 1.86. The molecule has 0 unspecified atom stereocenters. The highest BCUT2D eigenvalue weighted by molar-refractivity contribution is 7.11. The molecule has 0 bridgehead atoms. The van der Waals surface area contributed by atoms with E-state index in [2.05, 4.69) is 36.3 Å². The van der Waals surface area contributed by atoms with Crippen molar-refractivity contribution in [2.45, 2.75) is 39.8 Å². The molecule has 92 valence electrons. The minimum Gasteiger partial charge on any atom is -0.444 e. The number of nitrogens with one attached hydrogen (secondary N) is 1. The minimum absolute atomic E-state index is 0.694. The first-order chi connectivity index (χ1) is 8.31. The van der Waals surface area contributed by atoms with Crippen molar-refractivity contribution in [3.8, 4) is 0 Å². The van der Waals surface area contributed by atoms with Crippen LogP contribution in [0.3, 0.4) is 0 Å². The summed E-state index contributed by atoms with van der Waals surface area (Å²) in [5, 5.41) is 3.35. The number of hydrogen-bond donors (Lipinski definition) is 1. The first-order valence-corrected chi connectivity index (χ1v) is 6.85. The fraction of sp³-hybridized carbons (Fsp3) is 0.462. The third kappa shape index (κ3) is 3.41. The predicted octanol–water partition coefficient (Wildman–Crippen LogP) is 3.15. The summed E-state index contributed by atoms with van der Waals surface area (Å²) in [4.78, 5) is 7.02. The van der Waals surface area contributed by atoms with Crippen molar-refractivity contribution in [2.75, 3.05) is 0 Å². The van der Waals surface area contributed by atoms with Gasteiger partial charge in [-0.25, -0.2) is 4.98 Å². The van der Waals surface area contributed by atoms with Crippen molar-refractivity contribution >= 4 is 11.3 Å². The van der Waals surface area contributed by atoms with Gasteiger partial charge in [0.25, 0.3) is 0 Å². The van der Waals surface area contributed by atoms with Crippen LogP contribution in [0.4, 0.5) is 0 Å². The van der Waals surface area contributed by atoms with Gasteiger partial charge >= 0.3 is 0 Å². The molecule has 0 aliphatic rings. The zero-order chi connectivity index (χ0) is 12.1. The van der Waals surface area contributed by atoms with Gasteiger partial charge in [0.2, 0.25) is 5.89 Å². The first-order valence-electron chi connectivity index (χ1n) is 6.03. The number of rotatable bonds is 6. The van der Waals surface area contributed by atoms with Crippen LogP contribution in [0.2, 0.25) is 0 Å². The van der Waals surface area contributed by atoms with E-state index >= 15 is 0 Å². The second-order valence-corrected chi connectivity index (χ2v) is 5.15. The number of nitrogens with zero attached hydrogens (tertiary/aromatic N) is 1. The van der Waals surface area contributed by atoms with E-state index in [1.54, 1.807) is 6.20 Å². The lowest BCUT2D eigenvalue weighted by atomic mass is 10.3. The standard InChI is InChI=1S/C13H18N2OS/c1-3-10-7-15-13(16-10)9-14-8-12-6-5-11(4-2)17-12/h5-7,14H,3-4,8-9H2,1-2H3. The number of thiophene rings is 1. The lowest BCUT2D eigenvalue weighted by molar-refractivity contribution is 0.439. The smallest absolute Gasteiger partial charge is 0.208 e. The van der Waals surface area contributed by atoms with Gasteiger partial charge in [0.15, 0.2) is 0 Å². The van der Waals surface area contributed by atoms with Gasteiger partial charge in [0.1, 0.15) is 5.76 Å². The summed E-state index contributed by atoms with van der Waals surface area (Å²) in [7, 11) is 0. The molecular weight excluding hydrogens is 232 g/mol. The fourth-order valence-electron chi connectivity index (χ4n) is 1.59. The van der Waals surface area contributed by atoms with Gasteiger partial charge in [-0.3, -0.25) is 0 Å². The van der Waals surface area contributed by atoms with Gasteiger partial charge in [-0.2, -0.15) is 0 Å². The fourth-order valence-corrected chi connectivity index (χ4v) is 2.52. The maximum Gasteiger partial charge on any atom is 0.208 e. The first kappa shape index (κ1) is 12.3. The van der Waals surface area contributed by atoms with Gasteiger partial charge in [0.05, 0.1) is 12.7 Å². The third-order valence-corrected chi connectivity index (χ3v) is 3.82. The van der Waals surface area contributed by atoms with Gasteiger partial charge < -0.3 is 9.73 Å². The zero-order valence-corrected chi connectivity index (χ0v) is 11.1. The highest BCUT2D eigenvalue weighted by atomic mass is 32.1. The van der Waals surface area contributed by atoms with Gasteiger partial charge in [-0.15, -0.1) is 11.3 Å². The molecule has 17 heavy (non-hydrogen) atoms. The predicted molar refractivity (Wildman–Crippen MR) is 70.1 cm³/mol. The normalized spacial score (nSPS) is 10.9. The summed E-state index contributed by atoms with van der Waals surface area (Å²) in [5.74, 6) is 1.72. The van der Waals surface area contributed by atoms with E-state index in [4.69, 9.17) is 4.42 Å². The zero-order valence-electron chi connectivity index (χ0n) is 10.3. The lowest BCUT2D eigenvalue weighted by Gasteiger charge is -1.99. The molecule has 0 spiro atoms. The monoisotopic (exact) mass is 250 g/mol. The number of aryl methyl sites for hydroxylation is 2. The van der Waals surface area contributed by atoms with E-state index in [-0.39, 0.29) is 0 Å². The molecule has 4 heteroatoms. The molecule has 2 aromatic heterocycles. The second kappa shape index (κ2) is 5.98. The molecule has 2 rings (SSSR count). The molecule has 0 radical (unpaired) electrons. The van der Waals surface area contributed by atoms with Crippen molar-refractivity contribution in [1.82, 2.24) is 10.3 Å². The number of oxazole rings is 1. The Labute approximate surface area is 106 Å². The van der Waals surface area contributed by atoms with Crippen molar-refractivity contribution < 1.29 is 4.42 Å². The Morgan fingerprint density at radius 3 is 2.65 bits per heavy atom. The largest absolute Gasteiger partial charge is 0.444 e. The van der Waals surface area contributed by atoms with Crippen molar-refractivity contribution in [2.24, 2.45) is 0 Å². The van der Waals surface area contributed by atoms with Crippen LogP contribution >= 0.6 is 11.3 Å². The topological polar surface area (TPSA) is 38.1 Å². The average molecular weight is 250 g/mol. The molecule has 0 aliphatic heterocycles. The SMILES string of the molecule is CCc1cnc(CNCc2ccc(CC)s2)o1. The molecule has 2 heterocycles. The Morgan fingerprint density at radius 1 is 1.18 bits per heavy atom. The second-order valence-electron chi connectivity index (χ2n) is 3.90. The van der Waals surface area contributed by atoms with E-state index in [0.717, 1.165) is 31.0 Å². The van der Waals surface area contributed by atoms with E-state index in [9.17, 15) is 0 Å². The van der Waals surface area contributed by atoms with E-state index in [1.165, 1.54) is 9.75 Å². The molecule has 0 aliphatic carbocycles. The molecule has 0 fully saturated rings. The van der Waals surface area contributed by atoms with Crippen LogP contribution in [0, 0.1) is 0 Å². The molecule has 0 aromatic carbocycles. The Bertz CT molecular complexity index is 419. The summed E-state index contributed by atoms with van der Waals surface area (Å²) in [6, 6.07) is 4.38. The van der Waals surface area contributed by atoms with Gasteiger partial charge in [0, 0.05) is 22.7 Å². The third-order valence-electron chi connectivity index (χ3n) is 2.59. The Balaban J connectivity index is 1.79. The van der Waals surface area contributed by atoms with Crippen LogP contribution in [-0.2, 0) is 25.9 Å². The maximum absolute atomic E-state index is 5.53. The molecule has 0 atom stereocenters. The summed E-state index contributed by atoms with van der Waals surface area (Å²) in [6.45, 7) is 5.82. The van der Waals surface area contributed by atoms with Crippen LogP contribution in [0.25, 0.3) is 0 Å². The van der Waals surface area contributed by atoms with Gasteiger partial charge in [-0.1, -0.05) is 13.8 Å².